The molecular weight excluding hydrogens is 1470 g/mol. The van der Waals surface area contributed by atoms with Crippen molar-refractivity contribution in [3.63, 3.8) is 0 Å². The second-order valence-corrected chi connectivity index (χ2v) is 27.8. The number of amides is 7. The number of rotatable bonds is 44. The minimum Gasteiger partial charge on any atom is -0.481 e. The topological polar surface area (TPSA) is 478 Å². The third-order valence-corrected chi connectivity index (χ3v) is 19.1. The minimum atomic E-state index is -1.58. The molecule has 1 aliphatic carbocycles. The molecule has 2 fully saturated rings. The van der Waals surface area contributed by atoms with E-state index in [1.54, 1.807) is 19.6 Å². The number of unbranched alkanes of at least 4 members (excludes halogenated alkanes) is 2. The third-order valence-electron chi connectivity index (χ3n) is 18.4. The van der Waals surface area contributed by atoms with Crippen LogP contribution in [0.25, 0.3) is 10.8 Å². The van der Waals surface area contributed by atoms with Gasteiger partial charge >= 0.3 is 47.8 Å². The molecule has 572 valence electrons. The predicted molar refractivity (Wildman–Crippen MR) is 386 cm³/mol. The largest absolute Gasteiger partial charge is 0.481 e. The van der Waals surface area contributed by atoms with Gasteiger partial charge in [0.2, 0.25) is 29.5 Å². The van der Waals surface area contributed by atoms with E-state index in [2.05, 4.69) is 59.8 Å². The summed E-state index contributed by atoms with van der Waals surface area (Å²) in [6.07, 6.45) is 3.19. The summed E-state index contributed by atoms with van der Waals surface area (Å²) in [7, 11) is 0. The standard InChI is InChI=1S/C71H100IN11O21/c72-53-22-17-46(18-23-53)8-7-13-59(85)73-28-5-3-11-55(68(98)99)77-67(97)54(76-61(87)42-80-30-32-81(43-63(90)91)34-36-83(45-65(94)95)37-35-82(33-31-80)44-64(92)93)24-26-60(86)75-41-47-14-20-50(21-15-47)58(84)40-52(39-48-16-19-49-9-1-2-10-51(49)38-48)66(96)74-29-6-4-12-56(69(100)101)78-71(104)79-57(70(102)103)25-27-62(88)89/h1-2,9-10,16-19,22-23,38,47,50,52,54-57H,3-8,11-15,20-21,24-37,39-45H2,(H,73,85)(H,74,96)(H,75,86)(H,76,87)(H,77,97)(H,88,89)(H,90,91)(H,92,93)(H,94,95)(H,98,99)(H,100,101)(H,102,103)(H2,78,79,104)/t47?,50?,52?,54-,55?,56?,57?/m0/s1. The summed E-state index contributed by atoms with van der Waals surface area (Å²) in [5.41, 5.74) is 1.93. The zero-order valence-electron chi connectivity index (χ0n) is 58.4. The smallest absolute Gasteiger partial charge is 0.326 e. The molecule has 0 radical (unpaired) electrons. The van der Waals surface area contributed by atoms with Crippen LogP contribution in [-0.2, 0) is 75.2 Å². The zero-order chi connectivity index (χ0) is 76.1. The second-order valence-electron chi connectivity index (χ2n) is 26.6. The van der Waals surface area contributed by atoms with Crippen molar-refractivity contribution in [2.24, 2.45) is 17.8 Å². The number of carbonyl (C=O) groups excluding carboxylic acids is 7. The molecule has 4 unspecified atom stereocenters. The van der Waals surface area contributed by atoms with Gasteiger partial charge in [0.05, 0.1) is 26.2 Å². The Balaban J connectivity index is 1.19. The third kappa shape index (κ3) is 34.1. The van der Waals surface area contributed by atoms with Crippen molar-refractivity contribution in [2.75, 3.05) is 98.2 Å². The average molecular weight is 1570 g/mol. The van der Waals surface area contributed by atoms with Crippen LogP contribution in [0.3, 0.4) is 0 Å². The highest BCUT2D eigenvalue weighted by Crippen LogP contribution is 2.32. The molecular formula is C71H100IN11O21. The second kappa shape index (κ2) is 46.0. The number of hydrogen-bond acceptors (Lipinski definition) is 18. The van der Waals surface area contributed by atoms with Crippen LogP contribution in [-0.4, -0.2) is 261 Å². The molecule has 3 aromatic carbocycles. The number of fused-ring (bicyclic) bond motifs is 1. The summed E-state index contributed by atoms with van der Waals surface area (Å²) in [6.45, 7) is -0.163. The minimum absolute atomic E-state index is 0.0451. The van der Waals surface area contributed by atoms with Crippen LogP contribution >= 0.6 is 22.6 Å². The normalized spacial score (nSPS) is 17.2. The molecule has 3 aromatic rings. The van der Waals surface area contributed by atoms with Crippen LogP contribution in [0.4, 0.5) is 4.79 Å². The van der Waals surface area contributed by atoms with Crippen molar-refractivity contribution in [3.8, 4) is 0 Å². The van der Waals surface area contributed by atoms with Gasteiger partial charge in [-0.15, -0.1) is 0 Å². The summed E-state index contributed by atoms with van der Waals surface area (Å²) in [6, 6.07) is 14.4. The van der Waals surface area contributed by atoms with Crippen LogP contribution in [0.5, 0.6) is 0 Å². The molecule has 0 bridgehead atoms. The van der Waals surface area contributed by atoms with E-state index in [-0.39, 0.29) is 154 Å². The zero-order valence-corrected chi connectivity index (χ0v) is 60.6. The number of halogens is 1. The van der Waals surface area contributed by atoms with Crippen molar-refractivity contribution >= 4 is 116 Å². The number of aryl methyl sites for hydroxylation is 1. The average Bonchev–Trinajstić information content (AvgIpc) is 0.835. The van der Waals surface area contributed by atoms with Crippen LogP contribution in [0, 0.1) is 21.3 Å². The highest BCUT2D eigenvalue weighted by atomic mass is 127. The summed E-state index contributed by atoms with van der Waals surface area (Å²) in [5, 5.41) is 87.5. The molecule has 1 saturated carbocycles. The molecule has 32 nitrogen and oxygen atoms in total. The first kappa shape index (κ1) is 85.7. The van der Waals surface area contributed by atoms with Gasteiger partial charge in [-0.1, -0.05) is 54.6 Å². The summed E-state index contributed by atoms with van der Waals surface area (Å²) < 4.78 is 1.10. The number of carboxylic acids is 7. The van der Waals surface area contributed by atoms with Gasteiger partial charge in [-0.2, -0.15) is 0 Å². The molecule has 1 heterocycles. The quantitative estimate of drug-likeness (QED) is 0.0286. The summed E-state index contributed by atoms with van der Waals surface area (Å²) in [4.78, 5) is 184. The monoisotopic (exact) mass is 1570 g/mol. The molecule has 5 atom stereocenters. The Labute approximate surface area is 616 Å². The maximum Gasteiger partial charge on any atom is 0.326 e. The lowest BCUT2D eigenvalue weighted by atomic mass is 9.77. The number of Topliss-reactive ketones (excluding diaryl/α,β-unsaturated/α-hetero) is 1. The Bertz CT molecular complexity index is 3360. The molecule has 2 aliphatic rings. The van der Waals surface area contributed by atoms with Crippen molar-refractivity contribution in [2.45, 2.75) is 146 Å². The lowest BCUT2D eigenvalue weighted by Gasteiger charge is -2.33. The predicted octanol–water partition coefficient (Wildman–Crippen LogP) is 2.46. The van der Waals surface area contributed by atoms with Gasteiger partial charge in [0, 0.05) is 113 Å². The van der Waals surface area contributed by atoms with Gasteiger partial charge in [0.25, 0.3) is 0 Å². The van der Waals surface area contributed by atoms with E-state index in [1.165, 1.54) is 0 Å². The first-order chi connectivity index (χ1) is 49.6. The van der Waals surface area contributed by atoms with Crippen LogP contribution < -0.4 is 37.2 Å². The Kier molecular flexibility index (Phi) is 37.9. The molecule has 1 aliphatic heterocycles. The Morgan fingerprint density at radius 3 is 1.44 bits per heavy atom. The van der Waals surface area contributed by atoms with E-state index in [1.807, 2.05) is 66.7 Å². The number of nitrogens with one attached hydrogen (secondary N) is 7. The van der Waals surface area contributed by atoms with Gasteiger partial charge < -0.3 is 73.0 Å². The summed E-state index contributed by atoms with van der Waals surface area (Å²) in [5.74, 6) is -13.0. The fourth-order valence-electron chi connectivity index (χ4n) is 12.5. The van der Waals surface area contributed by atoms with Crippen molar-refractivity contribution in [3.05, 3.63) is 81.4 Å². The fourth-order valence-corrected chi connectivity index (χ4v) is 12.9. The van der Waals surface area contributed by atoms with Gasteiger partial charge in [0.1, 0.15) is 30.0 Å². The molecule has 104 heavy (non-hydrogen) atoms. The van der Waals surface area contributed by atoms with Crippen LogP contribution in [0.15, 0.2) is 66.7 Å². The number of urea groups is 1. The van der Waals surface area contributed by atoms with Crippen molar-refractivity contribution in [1.82, 2.24) is 56.8 Å². The number of carbonyl (C=O) groups is 14. The molecule has 5 rings (SSSR count). The maximum atomic E-state index is 14.2. The lowest BCUT2D eigenvalue weighted by molar-refractivity contribution is -0.143. The van der Waals surface area contributed by atoms with E-state index in [0.717, 1.165) is 31.9 Å². The molecule has 0 spiro atoms. The Hall–Kier alpha value is -8.93. The van der Waals surface area contributed by atoms with E-state index >= 15 is 0 Å². The van der Waals surface area contributed by atoms with E-state index in [9.17, 15) is 97.8 Å². The Morgan fingerprint density at radius 2 is 0.913 bits per heavy atom. The van der Waals surface area contributed by atoms with Gasteiger partial charge in [0.15, 0.2) is 0 Å². The highest BCUT2D eigenvalue weighted by molar-refractivity contribution is 14.1. The van der Waals surface area contributed by atoms with Crippen LogP contribution in [0.1, 0.15) is 120 Å². The SMILES string of the molecule is O=C(O)CCC(NC(=O)NC(CCCCNC(=O)C(CC(=O)C1CCC(CNC(=O)CC[C@H](NC(=O)CN2CCN(CC(=O)O)CCN(CC(=O)O)CCN(CC(=O)O)CC2)C(=O)NC(CCCCNC(=O)CCCc2ccc(I)cc2)C(=O)O)CC1)Cc1ccc2ccccc2c1)C(=O)O)C(=O)O. The summed E-state index contributed by atoms with van der Waals surface area (Å²) >= 11 is 2.22. The first-order valence-electron chi connectivity index (χ1n) is 35.3. The number of nitrogens with zero attached hydrogens (tertiary/aromatic N) is 4. The van der Waals surface area contributed by atoms with Gasteiger partial charge in [-0.05, 0) is 159 Å². The highest BCUT2D eigenvalue weighted by Gasteiger charge is 2.33. The molecule has 14 N–H and O–H groups in total. The molecule has 1 saturated heterocycles. The number of carboxylic acid groups (broad SMARTS) is 7. The molecule has 33 heteroatoms. The van der Waals surface area contributed by atoms with Crippen molar-refractivity contribution < 1.29 is 103 Å². The first-order valence-corrected chi connectivity index (χ1v) is 36.3. The number of hydrogen-bond donors (Lipinski definition) is 14. The van der Waals surface area contributed by atoms with Crippen LogP contribution in [0.2, 0.25) is 0 Å². The fraction of sp³-hybridized carbons (Fsp3) is 0.577. The van der Waals surface area contributed by atoms with Crippen molar-refractivity contribution in [1.29, 1.82) is 0 Å². The molecule has 0 aromatic heterocycles. The lowest BCUT2D eigenvalue weighted by Crippen LogP contribution is -2.54. The van der Waals surface area contributed by atoms with Gasteiger partial charge in [-0.25, -0.2) is 19.2 Å². The maximum absolute atomic E-state index is 14.2. The number of benzene rings is 3. The molecule has 7 amide bonds. The van der Waals surface area contributed by atoms with E-state index < -0.39 is 140 Å². The van der Waals surface area contributed by atoms with E-state index in [0.29, 0.717) is 44.9 Å². The Morgan fingerprint density at radius 1 is 0.433 bits per heavy atom. The number of ketones is 1. The van der Waals surface area contributed by atoms with E-state index in [4.69, 9.17) is 5.11 Å². The number of aliphatic carboxylic acids is 7. The van der Waals surface area contributed by atoms with Gasteiger partial charge in [-0.3, -0.25) is 67.5 Å².